The van der Waals surface area contributed by atoms with E-state index in [1.807, 2.05) is 19.1 Å². The topological polar surface area (TPSA) is 20.2 Å². The van der Waals surface area contributed by atoms with Crippen LogP contribution in [0.15, 0.2) is 24.3 Å². The van der Waals surface area contributed by atoms with E-state index in [0.717, 1.165) is 31.2 Å². The average Bonchev–Trinajstić information content (AvgIpc) is 2.69. The van der Waals surface area contributed by atoms with Crippen LogP contribution >= 0.6 is 0 Å². The third-order valence-corrected chi connectivity index (χ3v) is 3.71. The second kappa shape index (κ2) is 3.93. The summed E-state index contributed by atoms with van der Waals surface area (Å²) < 4.78 is 12.8. The Balaban J connectivity index is 2.36. The highest BCUT2D eigenvalue weighted by molar-refractivity contribution is 5.28. The van der Waals surface area contributed by atoms with Gasteiger partial charge < -0.3 is 5.11 Å². The lowest BCUT2D eigenvalue weighted by atomic mass is 9.75. The van der Waals surface area contributed by atoms with Gasteiger partial charge in [0.15, 0.2) is 0 Å². The summed E-state index contributed by atoms with van der Waals surface area (Å²) in [5.74, 6) is -0.211. The lowest BCUT2D eigenvalue weighted by molar-refractivity contribution is 0.0993. The summed E-state index contributed by atoms with van der Waals surface area (Å²) in [6.07, 6.45) is 3.97. The molecule has 2 rings (SSSR count). The zero-order valence-corrected chi connectivity index (χ0v) is 9.04. The second-order valence-corrected chi connectivity index (χ2v) is 4.55. The van der Waals surface area contributed by atoms with Gasteiger partial charge >= 0.3 is 0 Å². The van der Waals surface area contributed by atoms with Crippen molar-refractivity contribution in [1.29, 1.82) is 0 Å². The van der Waals surface area contributed by atoms with E-state index in [9.17, 15) is 9.50 Å². The Morgan fingerprint density at radius 3 is 2.20 bits per heavy atom. The van der Waals surface area contributed by atoms with Crippen molar-refractivity contribution in [2.75, 3.05) is 0 Å². The number of benzene rings is 1. The molecule has 1 nitrogen and oxygen atoms in total. The van der Waals surface area contributed by atoms with Gasteiger partial charge in [-0.2, -0.15) is 0 Å². The highest BCUT2D eigenvalue weighted by Crippen LogP contribution is 2.43. The summed E-state index contributed by atoms with van der Waals surface area (Å²) in [4.78, 5) is 0. The minimum atomic E-state index is -0.356. The Labute approximate surface area is 89.9 Å². The van der Waals surface area contributed by atoms with Gasteiger partial charge in [0.25, 0.3) is 0 Å². The minimum Gasteiger partial charge on any atom is -0.392 e. The first kappa shape index (κ1) is 10.6. The largest absolute Gasteiger partial charge is 0.392 e. The van der Waals surface area contributed by atoms with Crippen molar-refractivity contribution in [3.63, 3.8) is 0 Å². The van der Waals surface area contributed by atoms with Crippen LogP contribution in [0.2, 0.25) is 0 Å². The number of hydrogen-bond donors (Lipinski definition) is 1. The first-order chi connectivity index (χ1) is 7.15. The molecule has 1 aromatic rings. The van der Waals surface area contributed by atoms with Gasteiger partial charge in [-0.1, -0.05) is 25.0 Å². The fourth-order valence-electron chi connectivity index (χ4n) is 2.74. The number of aliphatic hydroxyl groups excluding tert-OH is 1. The molecule has 0 saturated heterocycles. The Morgan fingerprint density at radius 1 is 1.20 bits per heavy atom. The highest BCUT2D eigenvalue weighted by atomic mass is 19.1. The Bertz CT molecular complexity index is 323. The average molecular weight is 208 g/mol. The van der Waals surface area contributed by atoms with Gasteiger partial charge in [-0.05, 0) is 37.5 Å². The molecule has 0 bridgehead atoms. The number of halogens is 1. The second-order valence-electron chi connectivity index (χ2n) is 4.55. The van der Waals surface area contributed by atoms with E-state index < -0.39 is 0 Å². The minimum absolute atomic E-state index is 0.131. The zero-order valence-electron chi connectivity index (χ0n) is 9.04. The van der Waals surface area contributed by atoms with Crippen molar-refractivity contribution in [2.45, 2.75) is 44.1 Å². The maximum absolute atomic E-state index is 12.8. The van der Waals surface area contributed by atoms with Crippen molar-refractivity contribution < 1.29 is 9.50 Å². The van der Waals surface area contributed by atoms with E-state index in [0.29, 0.717) is 0 Å². The third kappa shape index (κ3) is 1.78. The Morgan fingerprint density at radius 2 is 1.73 bits per heavy atom. The summed E-state index contributed by atoms with van der Waals surface area (Å²) in [5, 5.41) is 9.93. The number of hydrogen-bond acceptors (Lipinski definition) is 1. The van der Waals surface area contributed by atoms with Crippen molar-refractivity contribution in [3.05, 3.63) is 35.6 Å². The van der Waals surface area contributed by atoms with Gasteiger partial charge in [-0.25, -0.2) is 4.39 Å². The van der Waals surface area contributed by atoms with Crippen molar-refractivity contribution in [1.82, 2.24) is 0 Å². The van der Waals surface area contributed by atoms with Gasteiger partial charge in [-0.15, -0.1) is 0 Å². The first-order valence-corrected chi connectivity index (χ1v) is 5.59. The van der Waals surface area contributed by atoms with Gasteiger partial charge in [0.05, 0.1) is 6.10 Å². The third-order valence-electron chi connectivity index (χ3n) is 3.71. The maximum Gasteiger partial charge on any atom is 0.123 e. The van der Waals surface area contributed by atoms with E-state index in [1.165, 1.54) is 12.1 Å². The van der Waals surface area contributed by atoms with Crippen LogP contribution in [0.1, 0.15) is 38.2 Å². The predicted molar refractivity (Wildman–Crippen MR) is 58.2 cm³/mol. The van der Waals surface area contributed by atoms with Crippen LogP contribution in [0.3, 0.4) is 0 Å². The molecule has 15 heavy (non-hydrogen) atoms. The lowest BCUT2D eigenvalue weighted by Gasteiger charge is -2.32. The molecule has 1 N–H and O–H groups in total. The molecule has 1 atom stereocenters. The lowest BCUT2D eigenvalue weighted by Crippen LogP contribution is -2.34. The fraction of sp³-hybridized carbons (Fsp3) is 0.538. The molecule has 0 heterocycles. The van der Waals surface area contributed by atoms with E-state index in [4.69, 9.17) is 0 Å². The molecule has 0 spiro atoms. The monoisotopic (exact) mass is 208 g/mol. The SMILES string of the molecule is CC(O)C1(c2ccc(F)cc2)CCCC1. The summed E-state index contributed by atoms with van der Waals surface area (Å²) in [6, 6.07) is 6.59. The van der Waals surface area contributed by atoms with Gasteiger partial charge in [0, 0.05) is 5.41 Å². The number of aliphatic hydroxyl groups is 1. The fourth-order valence-corrected chi connectivity index (χ4v) is 2.74. The molecule has 0 amide bonds. The van der Waals surface area contributed by atoms with Crippen LogP contribution in [0.5, 0.6) is 0 Å². The van der Waals surface area contributed by atoms with Crippen LogP contribution < -0.4 is 0 Å². The standard InChI is InChI=1S/C13H17FO/c1-10(15)13(8-2-3-9-13)11-4-6-12(14)7-5-11/h4-7,10,15H,2-3,8-9H2,1H3. The molecule has 1 fully saturated rings. The van der Waals surface area contributed by atoms with Crippen LogP contribution in [0, 0.1) is 5.82 Å². The summed E-state index contributed by atoms with van der Waals surface area (Å²) >= 11 is 0. The van der Waals surface area contributed by atoms with E-state index >= 15 is 0 Å². The van der Waals surface area contributed by atoms with E-state index in [2.05, 4.69) is 0 Å². The normalized spacial score (nSPS) is 21.5. The molecule has 1 aromatic carbocycles. The molecule has 0 aromatic heterocycles. The number of rotatable bonds is 2. The predicted octanol–water partition coefficient (Wildman–Crippen LogP) is 3.02. The molecule has 0 radical (unpaired) electrons. The quantitative estimate of drug-likeness (QED) is 0.792. The summed E-state index contributed by atoms with van der Waals surface area (Å²) in [6.45, 7) is 1.84. The molecule has 82 valence electrons. The molecule has 1 unspecified atom stereocenters. The molecular weight excluding hydrogens is 191 g/mol. The zero-order chi connectivity index (χ0) is 10.9. The van der Waals surface area contributed by atoms with E-state index in [1.54, 1.807) is 0 Å². The van der Waals surface area contributed by atoms with Crippen LogP contribution in [-0.4, -0.2) is 11.2 Å². The van der Waals surface area contributed by atoms with Gasteiger partial charge in [0.1, 0.15) is 5.82 Å². The smallest absolute Gasteiger partial charge is 0.123 e. The summed E-state index contributed by atoms with van der Waals surface area (Å²) in [5.41, 5.74) is 0.949. The summed E-state index contributed by atoms with van der Waals surface area (Å²) in [7, 11) is 0. The van der Waals surface area contributed by atoms with Gasteiger partial charge in [-0.3, -0.25) is 0 Å². The molecule has 0 aliphatic heterocycles. The first-order valence-electron chi connectivity index (χ1n) is 5.59. The Hall–Kier alpha value is -0.890. The van der Waals surface area contributed by atoms with Crippen LogP contribution in [0.25, 0.3) is 0 Å². The maximum atomic E-state index is 12.8. The van der Waals surface area contributed by atoms with Gasteiger partial charge in [0.2, 0.25) is 0 Å². The van der Waals surface area contributed by atoms with E-state index in [-0.39, 0.29) is 17.3 Å². The molecule has 1 aliphatic carbocycles. The van der Waals surface area contributed by atoms with Crippen LogP contribution in [-0.2, 0) is 5.41 Å². The molecular formula is C13H17FO. The van der Waals surface area contributed by atoms with Crippen LogP contribution in [0.4, 0.5) is 4.39 Å². The van der Waals surface area contributed by atoms with Crippen molar-refractivity contribution in [2.24, 2.45) is 0 Å². The Kier molecular flexibility index (Phi) is 2.79. The van der Waals surface area contributed by atoms with Crippen molar-refractivity contribution >= 4 is 0 Å². The molecule has 1 saturated carbocycles. The molecule has 2 heteroatoms. The van der Waals surface area contributed by atoms with Crippen molar-refractivity contribution in [3.8, 4) is 0 Å². The highest BCUT2D eigenvalue weighted by Gasteiger charge is 2.39. The molecule has 1 aliphatic rings.